The Labute approximate surface area is 210 Å². The maximum absolute atomic E-state index is 13.3. The van der Waals surface area contributed by atoms with Gasteiger partial charge in [0.2, 0.25) is 0 Å². The number of aromatic nitrogens is 1. The Hall–Kier alpha value is -3.26. The summed E-state index contributed by atoms with van der Waals surface area (Å²) < 4.78 is 10.6. The number of pyridine rings is 1. The molecule has 10 heteroatoms. The molecule has 4 rings (SSSR count). The van der Waals surface area contributed by atoms with Gasteiger partial charge in [-0.2, -0.15) is 0 Å². The van der Waals surface area contributed by atoms with Crippen molar-refractivity contribution in [1.82, 2.24) is 4.98 Å². The van der Waals surface area contributed by atoms with Crippen molar-refractivity contribution in [2.75, 3.05) is 19.1 Å². The van der Waals surface area contributed by atoms with E-state index < -0.39 is 23.5 Å². The highest BCUT2D eigenvalue weighted by molar-refractivity contribution is 6.52. The number of Topliss-reactive ketones (excluding diaryl/α,β-unsaturated/α-hetero) is 1. The van der Waals surface area contributed by atoms with Crippen molar-refractivity contribution in [3.63, 3.8) is 0 Å². The molecule has 0 radical (unpaired) electrons. The maximum Gasteiger partial charge on any atom is 0.300 e. The minimum atomic E-state index is -0.987. The predicted molar refractivity (Wildman–Crippen MR) is 130 cm³/mol. The molecule has 34 heavy (non-hydrogen) atoms. The lowest BCUT2D eigenvalue weighted by Crippen LogP contribution is -2.29. The van der Waals surface area contributed by atoms with Crippen LogP contribution in [0, 0.1) is 0 Å². The normalized spacial score (nSPS) is 17.2. The third kappa shape index (κ3) is 3.96. The van der Waals surface area contributed by atoms with Crippen molar-refractivity contribution in [2.45, 2.75) is 6.04 Å². The molecule has 7 nitrogen and oxygen atoms in total. The number of rotatable bonds is 5. The van der Waals surface area contributed by atoms with E-state index in [1.165, 1.54) is 31.4 Å². The predicted octanol–water partition coefficient (Wildman–Crippen LogP) is 5.69. The Kier molecular flexibility index (Phi) is 6.70. The zero-order valence-electron chi connectivity index (χ0n) is 17.9. The number of halogens is 3. The largest absolute Gasteiger partial charge is 0.507 e. The topological polar surface area (TPSA) is 89.0 Å². The quantitative estimate of drug-likeness (QED) is 0.265. The molecule has 1 N–H and O–H groups in total. The summed E-state index contributed by atoms with van der Waals surface area (Å²) in [6, 6.07) is 10.2. The smallest absolute Gasteiger partial charge is 0.300 e. The van der Waals surface area contributed by atoms with Crippen LogP contribution in [0.4, 0.5) is 5.69 Å². The molecule has 1 aliphatic rings. The average Bonchev–Trinajstić information content (AvgIpc) is 3.10. The molecule has 1 aliphatic heterocycles. The van der Waals surface area contributed by atoms with E-state index in [0.717, 1.165) is 0 Å². The second-order valence-electron chi connectivity index (χ2n) is 7.22. The van der Waals surface area contributed by atoms with E-state index in [9.17, 15) is 14.7 Å². The molecule has 2 heterocycles. The van der Waals surface area contributed by atoms with Crippen LogP contribution in [-0.2, 0) is 9.59 Å². The number of hydrogen-bond acceptors (Lipinski definition) is 6. The van der Waals surface area contributed by atoms with Gasteiger partial charge in [0, 0.05) is 23.1 Å². The van der Waals surface area contributed by atoms with Crippen LogP contribution in [0.1, 0.15) is 17.2 Å². The van der Waals surface area contributed by atoms with Crippen molar-refractivity contribution in [2.24, 2.45) is 0 Å². The van der Waals surface area contributed by atoms with E-state index in [4.69, 9.17) is 44.3 Å². The van der Waals surface area contributed by atoms with Gasteiger partial charge in [-0.25, -0.2) is 0 Å². The third-order valence-electron chi connectivity index (χ3n) is 5.34. The van der Waals surface area contributed by atoms with Gasteiger partial charge in [0.15, 0.2) is 11.5 Å². The lowest BCUT2D eigenvalue weighted by molar-refractivity contribution is -0.132. The molecule has 1 aromatic heterocycles. The Bertz CT molecular complexity index is 1310. The second kappa shape index (κ2) is 9.54. The number of methoxy groups -OCH3 is 2. The molecule has 2 aromatic carbocycles. The van der Waals surface area contributed by atoms with Gasteiger partial charge in [-0.1, -0.05) is 40.9 Å². The molecular formula is C24H17Cl3N2O5. The zero-order chi connectivity index (χ0) is 24.6. The first-order chi connectivity index (χ1) is 16.3. The highest BCUT2D eigenvalue weighted by Crippen LogP contribution is 2.48. The summed E-state index contributed by atoms with van der Waals surface area (Å²) in [5, 5.41) is 11.9. The number of nitrogens with zero attached hydrogens (tertiary/aromatic N) is 2. The average molecular weight is 520 g/mol. The molecule has 174 valence electrons. The van der Waals surface area contributed by atoms with E-state index in [0.29, 0.717) is 16.3 Å². The van der Waals surface area contributed by atoms with Gasteiger partial charge in [-0.15, -0.1) is 0 Å². The summed E-state index contributed by atoms with van der Waals surface area (Å²) in [6.45, 7) is 0. The van der Waals surface area contributed by atoms with Gasteiger partial charge >= 0.3 is 0 Å². The summed E-state index contributed by atoms with van der Waals surface area (Å²) >= 11 is 18.7. The van der Waals surface area contributed by atoms with E-state index in [1.54, 1.807) is 42.6 Å². The number of benzene rings is 2. The summed E-state index contributed by atoms with van der Waals surface area (Å²) in [7, 11) is 2.72. The number of anilines is 1. The van der Waals surface area contributed by atoms with E-state index in [-0.39, 0.29) is 32.7 Å². The molecule has 0 aliphatic carbocycles. The monoisotopic (exact) mass is 518 g/mol. The highest BCUT2D eigenvalue weighted by Gasteiger charge is 2.47. The summed E-state index contributed by atoms with van der Waals surface area (Å²) in [5.74, 6) is -2.06. The highest BCUT2D eigenvalue weighted by atomic mass is 35.5. The number of amides is 1. The number of carbonyl (C=O) groups is 2. The van der Waals surface area contributed by atoms with E-state index in [1.807, 2.05) is 0 Å². The van der Waals surface area contributed by atoms with Crippen molar-refractivity contribution in [1.29, 1.82) is 0 Å². The van der Waals surface area contributed by atoms with Crippen LogP contribution in [0.5, 0.6) is 11.5 Å². The second-order valence-corrected chi connectivity index (χ2v) is 8.44. The first-order valence-corrected chi connectivity index (χ1v) is 11.0. The molecule has 1 unspecified atom stereocenters. The molecule has 1 amide bonds. The van der Waals surface area contributed by atoms with Crippen molar-refractivity contribution >= 4 is 57.9 Å². The van der Waals surface area contributed by atoms with E-state index >= 15 is 0 Å². The van der Waals surface area contributed by atoms with Crippen LogP contribution >= 0.6 is 34.8 Å². The van der Waals surface area contributed by atoms with Crippen LogP contribution in [0.3, 0.4) is 0 Å². The Morgan fingerprint density at radius 2 is 1.71 bits per heavy atom. The SMILES string of the molecule is COc1c(Cl)cc(/C(O)=C2\C(=O)C(=O)N(c3ccc(Cl)cc3)C2c2cccnc2)c(OC)c1Cl. The Morgan fingerprint density at radius 1 is 1.03 bits per heavy atom. The van der Waals surface area contributed by atoms with Crippen LogP contribution in [0.2, 0.25) is 15.1 Å². The first-order valence-electron chi connectivity index (χ1n) is 9.87. The third-order valence-corrected chi connectivity index (χ3v) is 6.22. The number of ether oxygens (including phenoxy) is 2. The zero-order valence-corrected chi connectivity index (χ0v) is 20.1. The van der Waals surface area contributed by atoms with Gasteiger partial charge in [0.05, 0.1) is 36.4 Å². The van der Waals surface area contributed by atoms with Crippen molar-refractivity contribution in [3.05, 3.63) is 86.6 Å². The molecule has 3 aromatic rings. The fourth-order valence-electron chi connectivity index (χ4n) is 3.85. The Balaban J connectivity index is 2.00. The molecule has 0 saturated carbocycles. The fraction of sp³-hybridized carbons (Fsp3) is 0.125. The van der Waals surface area contributed by atoms with Crippen LogP contribution in [0.15, 0.2) is 60.4 Å². The van der Waals surface area contributed by atoms with Gasteiger partial charge in [0.1, 0.15) is 10.8 Å². The van der Waals surface area contributed by atoms with Crippen molar-refractivity contribution in [3.8, 4) is 11.5 Å². The molecular weight excluding hydrogens is 503 g/mol. The first kappa shape index (κ1) is 23.9. The standard InChI is InChI=1S/C24H17Cl3N2O5/c1-33-22-15(10-16(26)23(34-2)18(22)27)20(30)17-19(12-4-3-9-28-11-12)29(24(32)21(17)31)14-7-5-13(25)6-8-14/h3-11,19,30H,1-2H3/b20-17+. The van der Waals surface area contributed by atoms with E-state index in [2.05, 4.69) is 4.98 Å². The lowest BCUT2D eigenvalue weighted by atomic mass is 9.95. The van der Waals surface area contributed by atoms with Gasteiger partial charge < -0.3 is 14.6 Å². The lowest BCUT2D eigenvalue weighted by Gasteiger charge is -2.25. The number of aliphatic hydroxyl groups is 1. The molecule has 1 saturated heterocycles. The number of ketones is 1. The molecule has 0 spiro atoms. The van der Waals surface area contributed by atoms with Crippen LogP contribution in [0.25, 0.3) is 5.76 Å². The summed E-state index contributed by atoms with van der Waals surface area (Å²) in [5.41, 5.74) is 0.768. The van der Waals surface area contributed by atoms with Crippen molar-refractivity contribution < 1.29 is 24.2 Å². The van der Waals surface area contributed by atoms with Gasteiger partial charge in [-0.3, -0.25) is 19.5 Å². The molecule has 1 atom stereocenters. The minimum absolute atomic E-state index is 0.00362. The molecule has 0 bridgehead atoms. The molecule has 1 fully saturated rings. The fourth-order valence-corrected chi connectivity index (χ4v) is 4.66. The number of carbonyl (C=O) groups excluding carboxylic acids is 2. The maximum atomic E-state index is 13.3. The summed E-state index contributed by atoms with van der Waals surface area (Å²) in [6.07, 6.45) is 3.07. The van der Waals surface area contributed by atoms with Gasteiger partial charge in [-0.05, 0) is 42.0 Å². The number of hydrogen-bond donors (Lipinski definition) is 1. The minimum Gasteiger partial charge on any atom is -0.507 e. The number of aliphatic hydroxyl groups excluding tert-OH is 1. The van der Waals surface area contributed by atoms with Crippen LogP contribution < -0.4 is 14.4 Å². The summed E-state index contributed by atoms with van der Waals surface area (Å²) in [4.78, 5) is 31.8. The Morgan fingerprint density at radius 3 is 2.29 bits per heavy atom. The van der Waals surface area contributed by atoms with Gasteiger partial charge in [0.25, 0.3) is 11.7 Å². The van der Waals surface area contributed by atoms with Crippen LogP contribution in [-0.4, -0.2) is 36.0 Å².